The largest absolute Gasteiger partial charge is 0.334 e. The van der Waals surface area contributed by atoms with Crippen LogP contribution in [0.1, 0.15) is 36.9 Å². The highest BCUT2D eigenvalue weighted by Gasteiger charge is 2.47. The smallest absolute Gasteiger partial charge is 0.260 e. The maximum Gasteiger partial charge on any atom is 0.260 e. The molecule has 0 saturated heterocycles. The molecule has 1 aliphatic heterocycles. The number of aryl methyl sites for hydroxylation is 1. The first kappa shape index (κ1) is 15.3. The van der Waals surface area contributed by atoms with Crippen LogP contribution in [0.2, 0.25) is 0 Å². The van der Waals surface area contributed by atoms with Crippen LogP contribution < -0.4 is 0 Å². The van der Waals surface area contributed by atoms with Gasteiger partial charge >= 0.3 is 0 Å². The molecule has 1 aliphatic carbocycles. The van der Waals surface area contributed by atoms with Crippen molar-refractivity contribution in [2.24, 2.45) is 7.05 Å². The fourth-order valence-corrected chi connectivity index (χ4v) is 3.66. The van der Waals surface area contributed by atoms with Crippen molar-refractivity contribution >= 4 is 5.91 Å². The van der Waals surface area contributed by atoms with Crippen molar-refractivity contribution in [2.75, 3.05) is 6.54 Å². The van der Waals surface area contributed by atoms with Crippen molar-refractivity contribution < 1.29 is 9.18 Å². The number of nitrogens with zero attached hydrogens (tertiary/aromatic N) is 4. The fraction of sp³-hybridized carbons (Fsp3) is 0.500. The minimum Gasteiger partial charge on any atom is -0.334 e. The molecule has 3 heterocycles. The van der Waals surface area contributed by atoms with Gasteiger partial charge in [-0.1, -0.05) is 0 Å². The Morgan fingerprint density at radius 1 is 1.33 bits per heavy atom. The molecule has 2 aromatic heterocycles. The molecule has 2 aliphatic rings. The number of fused-ring (bicyclic) bond motifs is 1. The summed E-state index contributed by atoms with van der Waals surface area (Å²) in [5.74, 6) is -0.342. The molecular formula is C18H21FN4O. The Morgan fingerprint density at radius 3 is 2.83 bits per heavy atom. The molecular weight excluding hydrogens is 307 g/mol. The molecule has 4 rings (SSSR count). The van der Waals surface area contributed by atoms with E-state index < -0.39 is 5.67 Å². The van der Waals surface area contributed by atoms with E-state index in [4.69, 9.17) is 0 Å². The number of aromatic nitrogens is 3. The monoisotopic (exact) mass is 328 g/mol. The van der Waals surface area contributed by atoms with E-state index in [2.05, 4.69) is 10.1 Å². The molecule has 0 bridgehead atoms. The zero-order valence-electron chi connectivity index (χ0n) is 13.8. The lowest BCUT2D eigenvalue weighted by Gasteiger charge is -2.36. The number of carbonyl (C=O) groups is 1. The minimum absolute atomic E-state index is 0.342. The van der Waals surface area contributed by atoms with Crippen molar-refractivity contribution in [1.29, 1.82) is 0 Å². The summed E-state index contributed by atoms with van der Waals surface area (Å²) in [7, 11) is 1.89. The van der Waals surface area contributed by atoms with Gasteiger partial charge in [0.25, 0.3) is 5.91 Å². The first-order valence-corrected chi connectivity index (χ1v) is 8.52. The number of alkyl halides is 1. The Kier molecular flexibility index (Phi) is 3.62. The number of pyridine rings is 1. The Morgan fingerprint density at radius 2 is 2.17 bits per heavy atom. The molecule has 0 radical (unpaired) electrons. The number of hydrogen-bond acceptors (Lipinski definition) is 3. The zero-order valence-corrected chi connectivity index (χ0v) is 13.8. The van der Waals surface area contributed by atoms with E-state index in [1.165, 1.54) is 0 Å². The van der Waals surface area contributed by atoms with Crippen LogP contribution in [0.3, 0.4) is 0 Å². The Bertz CT molecular complexity index is 767. The molecule has 0 N–H and O–H groups in total. The summed E-state index contributed by atoms with van der Waals surface area (Å²) in [5.41, 5.74) is 2.43. The van der Waals surface area contributed by atoms with E-state index in [1.54, 1.807) is 17.3 Å². The second kappa shape index (κ2) is 5.69. The highest BCUT2D eigenvalue weighted by molar-refractivity contribution is 5.86. The van der Waals surface area contributed by atoms with Crippen LogP contribution in [0, 0.1) is 0 Å². The number of carbonyl (C=O) groups excluding carboxylic acids is 1. The molecule has 0 atom stereocenters. The maximum absolute atomic E-state index is 14.5. The van der Waals surface area contributed by atoms with Crippen molar-refractivity contribution in [3.8, 4) is 11.3 Å². The van der Waals surface area contributed by atoms with Gasteiger partial charge in [0, 0.05) is 37.1 Å². The number of halogens is 1. The van der Waals surface area contributed by atoms with Crippen LogP contribution in [-0.4, -0.2) is 37.8 Å². The van der Waals surface area contributed by atoms with Gasteiger partial charge in [-0.2, -0.15) is 5.10 Å². The lowest BCUT2D eigenvalue weighted by Crippen LogP contribution is -2.50. The molecule has 0 aromatic carbocycles. The average Bonchev–Trinajstić information content (AvgIpc) is 2.75. The summed E-state index contributed by atoms with van der Waals surface area (Å²) in [6.45, 7) is 1.04. The van der Waals surface area contributed by atoms with E-state index in [0.717, 1.165) is 41.8 Å². The quantitative estimate of drug-likeness (QED) is 0.851. The summed E-state index contributed by atoms with van der Waals surface area (Å²) in [6.07, 6.45) is 6.75. The highest BCUT2D eigenvalue weighted by Crippen LogP contribution is 2.38. The Balaban J connectivity index is 1.67. The summed E-state index contributed by atoms with van der Waals surface area (Å²) < 4.78 is 16.4. The third kappa shape index (κ3) is 2.41. The van der Waals surface area contributed by atoms with Gasteiger partial charge in [0.2, 0.25) is 0 Å². The summed E-state index contributed by atoms with van der Waals surface area (Å²) in [5, 5.41) is 4.64. The summed E-state index contributed by atoms with van der Waals surface area (Å²) in [6, 6.07) is 3.89. The summed E-state index contributed by atoms with van der Waals surface area (Å²) >= 11 is 0. The standard InChI is InChI=1S/C18H21FN4O/c1-22-15-12-23(17(24)18(19)7-4-8-18)10-3-6-14(15)16(21-22)13-5-2-9-20-11-13/h2,5,9,11H,3-4,6-8,10,12H2,1H3. The van der Waals surface area contributed by atoms with E-state index >= 15 is 0 Å². The van der Waals surface area contributed by atoms with Gasteiger partial charge in [0.1, 0.15) is 0 Å². The van der Waals surface area contributed by atoms with Crippen molar-refractivity contribution in [2.45, 2.75) is 44.3 Å². The predicted molar refractivity (Wildman–Crippen MR) is 87.9 cm³/mol. The second-order valence-electron chi connectivity index (χ2n) is 6.79. The third-order valence-corrected chi connectivity index (χ3v) is 5.22. The number of hydrogen-bond donors (Lipinski definition) is 0. The molecule has 24 heavy (non-hydrogen) atoms. The van der Waals surface area contributed by atoms with Gasteiger partial charge in [-0.25, -0.2) is 4.39 Å². The molecule has 126 valence electrons. The van der Waals surface area contributed by atoms with Crippen LogP contribution in [0.15, 0.2) is 24.5 Å². The average molecular weight is 328 g/mol. The lowest BCUT2D eigenvalue weighted by atomic mass is 9.81. The summed E-state index contributed by atoms with van der Waals surface area (Å²) in [4.78, 5) is 18.4. The molecule has 1 saturated carbocycles. The Labute approximate surface area is 140 Å². The van der Waals surface area contributed by atoms with Gasteiger partial charge in [0.05, 0.1) is 17.9 Å². The van der Waals surface area contributed by atoms with Crippen LogP contribution in [0.5, 0.6) is 0 Å². The second-order valence-corrected chi connectivity index (χ2v) is 6.79. The van der Waals surface area contributed by atoms with Crippen LogP contribution in [0.25, 0.3) is 11.3 Å². The van der Waals surface area contributed by atoms with Gasteiger partial charge in [-0.15, -0.1) is 0 Å². The van der Waals surface area contributed by atoms with Gasteiger partial charge in [-0.3, -0.25) is 14.5 Å². The van der Waals surface area contributed by atoms with Crippen LogP contribution >= 0.6 is 0 Å². The third-order valence-electron chi connectivity index (χ3n) is 5.22. The molecule has 6 heteroatoms. The highest BCUT2D eigenvalue weighted by atomic mass is 19.1. The van der Waals surface area contributed by atoms with Gasteiger partial charge in [-0.05, 0) is 44.2 Å². The van der Waals surface area contributed by atoms with Gasteiger partial charge in [0.15, 0.2) is 5.67 Å². The Hall–Kier alpha value is -2.24. The maximum atomic E-state index is 14.5. The molecule has 0 spiro atoms. The minimum atomic E-state index is -1.63. The first-order valence-electron chi connectivity index (χ1n) is 8.52. The van der Waals surface area contributed by atoms with Crippen LogP contribution in [0.4, 0.5) is 4.39 Å². The van der Waals surface area contributed by atoms with Crippen LogP contribution in [-0.2, 0) is 24.8 Å². The molecule has 5 nitrogen and oxygen atoms in total. The normalized spacial score (nSPS) is 19.3. The van der Waals surface area contributed by atoms with E-state index in [1.807, 2.05) is 23.9 Å². The molecule has 0 unspecified atom stereocenters. The van der Waals surface area contributed by atoms with Gasteiger partial charge < -0.3 is 4.90 Å². The first-order chi connectivity index (χ1) is 11.6. The fourth-order valence-electron chi connectivity index (χ4n) is 3.66. The predicted octanol–water partition coefficient (Wildman–Crippen LogP) is 2.65. The number of amides is 1. The van der Waals surface area contributed by atoms with Crippen molar-refractivity contribution in [3.63, 3.8) is 0 Å². The lowest BCUT2D eigenvalue weighted by molar-refractivity contribution is -0.150. The SMILES string of the molecule is Cn1nc(-c2cccnc2)c2c1CN(C(=O)C1(F)CCC1)CCC2. The topological polar surface area (TPSA) is 51.0 Å². The van der Waals surface area contributed by atoms with E-state index in [9.17, 15) is 9.18 Å². The van der Waals surface area contributed by atoms with Crippen molar-refractivity contribution in [3.05, 3.63) is 35.8 Å². The van der Waals surface area contributed by atoms with Crippen molar-refractivity contribution in [1.82, 2.24) is 19.7 Å². The molecule has 1 fully saturated rings. The van der Waals surface area contributed by atoms with E-state index in [-0.39, 0.29) is 5.91 Å². The molecule has 2 aromatic rings. The zero-order chi connectivity index (χ0) is 16.7. The molecule has 1 amide bonds. The van der Waals surface area contributed by atoms with E-state index in [0.29, 0.717) is 25.9 Å². The number of rotatable bonds is 2.